The van der Waals surface area contributed by atoms with Crippen LogP contribution in [-0.4, -0.2) is 35.5 Å². The molecule has 1 aliphatic rings. The number of ether oxygens (including phenoxy) is 1. The maximum Gasteiger partial charge on any atom is 0.221 e. The smallest absolute Gasteiger partial charge is 0.221 e. The Morgan fingerprint density at radius 1 is 1.44 bits per heavy atom. The van der Waals surface area contributed by atoms with Crippen LogP contribution in [0.5, 0.6) is 5.88 Å². The number of methoxy groups -OCH3 is 1. The third-order valence-corrected chi connectivity index (χ3v) is 3.79. The Hall–Kier alpha value is -1.03. The Bertz CT molecular complexity index is 396. The van der Waals surface area contributed by atoms with Crippen LogP contribution in [0.4, 0.5) is 5.82 Å². The Morgan fingerprint density at radius 3 is 2.78 bits per heavy atom. The average molecular weight is 270 g/mol. The summed E-state index contributed by atoms with van der Waals surface area (Å²) in [5, 5.41) is 0. The molecule has 4 nitrogen and oxygen atoms in total. The second-order valence-corrected chi connectivity index (χ2v) is 5.03. The number of anilines is 1. The summed E-state index contributed by atoms with van der Waals surface area (Å²) >= 11 is 5.81. The zero-order chi connectivity index (χ0) is 13.0. The van der Waals surface area contributed by atoms with Crippen molar-refractivity contribution < 1.29 is 4.74 Å². The van der Waals surface area contributed by atoms with Crippen molar-refractivity contribution in [3.05, 3.63) is 11.9 Å². The Balaban J connectivity index is 2.23. The summed E-state index contributed by atoms with van der Waals surface area (Å²) in [5.41, 5.74) is 1.02. The first-order valence-electron chi connectivity index (χ1n) is 6.46. The molecule has 1 saturated carbocycles. The van der Waals surface area contributed by atoms with Crippen LogP contribution >= 0.6 is 11.6 Å². The molecule has 1 aliphatic carbocycles. The molecule has 1 aromatic rings. The molecule has 0 N–H and O–H groups in total. The van der Waals surface area contributed by atoms with Gasteiger partial charge in [0.15, 0.2) is 0 Å². The van der Waals surface area contributed by atoms with Crippen LogP contribution in [0.3, 0.4) is 0 Å². The highest BCUT2D eigenvalue weighted by Gasteiger charge is 2.27. The molecular weight excluding hydrogens is 250 g/mol. The summed E-state index contributed by atoms with van der Waals surface area (Å²) in [7, 11) is 1.64. The molecule has 1 aromatic heterocycles. The summed E-state index contributed by atoms with van der Waals surface area (Å²) in [6.45, 7) is 2.97. The van der Waals surface area contributed by atoms with Gasteiger partial charge in [-0.05, 0) is 32.6 Å². The van der Waals surface area contributed by atoms with E-state index in [4.69, 9.17) is 16.3 Å². The molecule has 5 heteroatoms. The second kappa shape index (κ2) is 6.23. The first-order valence-corrected chi connectivity index (χ1v) is 6.99. The van der Waals surface area contributed by atoms with Gasteiger partial charge in [0.05, 0.1) is 12.7 Å². The van der Waals surface area contributed by atoms with Crippen LogP contribution in [0.2, 0.25) is 0 Å². The van der Waals surface area contributed by atoms with Crippen molar-refractivity contribution in [2.24, 2.45) is 0 Å². The fourth-order valence-corrected chi connectivity index (χ4v) is 2.43. The fourth-order valence-electron chi connectivity index (χ4n) is 2.31. The number of hydrogen-bond donors (Lipinski definition) is 0. The second-order valence-electron chi connectivity index (χ2n) is 4.65. The third kappa shape index (κ3) is 2.69. The van der Waals surface area contributed by atoms with Crippen molar-refractivity contribution in [1.29, 1.82) is 0 Å². The van der Waals surface area contributed by atoms with E-state index in [1.54, 1.807) is 13.4 Å². The van der Waals surface area contributed by atoms with E-state index in [0.29, 0.717) is 17.8 Å². The van der Waals surface area contributed by atoms with Crippen LogP contribution in [0, 0.1) is 6.92 Å². The van der Waals surface area contributed by atoms with Crippen molar-refractivity contribution in [1.82, 2.24) is 9.97 Å². The van der Waals surface area contributed by atoms with Crippen LogP contribution in [0.1, 0.15) is 31.2 Å². The zero-order valence-electron chi connectivity index (χ0n) is 11.0. The maximum absolute atomic E-state index is 5.81. The number of alkyl halides is 1. The maximum atomic E-state index is 5.81. The molecule has 0 spiro atoms. The SMILES string of the molecule is COc1ncnc(N(CCCCl)C2CCC2)c1C. The zero-order valence-corrected chi connectivity index (χ0v) is 11.8. The number of halogens is 1. The number of rotatable bonds is 6. The van der Waals surface area contributed by atoms with E-state index in [1.165, 1.54) is 19.3 Å². The Morgan fingerprint density at radius 2 is 2.22 bits per heavy atom. The average Bonchev–Trinajstić information content (AvgIpc) is 2.32. The van der Waals surface area contributed by atoms with Crippen molar-refractivity contribution in [3.63, 3.8) is 0 Å². The minimum Gasteiger partial charge on any atom is -0.481 e. The van der Waals surface area contributed by atoms with Crippen LogP contribution in [0.25, 0.3) is 0 Å². The van der Waals surface area contributed by atoms with Crippen molar-refractivity contribution >= 4 is 17.4 Å². The monoisotopic (exact) mass is 269 g/mol. The summed E-state index contributed by atoms with van der Waals surface area (Å²) in [6.07, 6.45) is 6.35. The standard InChI is InChI=1S/C13H20ClN3O/c1-10-12(15-9-16-13(10)18-2)17(8-4-7-14)11-5-3-6-11/h9,11H,3-8H2,1-2H3. The number of aromatic nitrogens is 2. The summed E-state index contributed by atoms with van der Waals surface area (Å²) in [6, 6.07) is 0.603. The van der Waals surface area contributed by atoms with E-state index in [9.17, 15) is 0 Å². The molecule has 0 radical (unpaired) electrons. The Labute approximate surface area is 113 Å². The third-order valence-electron chi connectivity index (χ3n) is 3.52. The predicted octanol–water partition coefficient (Wildman–Crippen LogP) is 2.78. The Kier molecular flexibility index (Phi) is 4.64. The lowest BCUT2D eigenvalue weighted by atomic mass is 9.91. The highest BCUT2D eigenvalue weighted by atomic mass is 35.5. The molecule has 0 aromatic carbocycles. The van der Waals surface area contributed by atoms with E-state index in [1.807, 2.05) is 6.92 Å². The van der Waals surface area contributed by atoms with Gasteiger partial charge in [0.2, 0.25) is 5.88 Å². The molecular formula is C13H20ClN3O. The van der Waals surface area contributed by atoms with Gasteiger partial charge in [-0.3, -0.25) is 0 Å². The predicted molar refractivity (Wildman–Crippen MR) is 73.6 cm³/mol. The molecule has 100 valence electrons. The van der Waals surface area contributed by atoms with Gasteiger partial charge in [0.1, 0.15) is 12.1 Å². The lowest BCUT2D eigenvalue weighted by molar-refractivity contribution is 0.377. The van der Waals surface area contributed by atoms with Gasteiger partial charge in [-0.25, -0.2) is 9.97 Å². The van der Waals surface area contributed by atoms with Crippen molar-refractivity contribution in [2.45, 2.75) is 38.6 Å². The van der Waals surface area contributed by atoms with Crippen LogP contribution in [0.15, 0.2) is 6.33 Å². The minimum atomic E-state index is 0.603. The highest BCUT2D eigenvalue weighted by Crippen LogP contribution is 2.32. The number of hydrogen-bond acceptors (Lipinski definition) is 4. The summed E-state index contributed by atoms with van der Waals surface area (Å²) in [5.74, 6) is 2.34. The molecule has 0 saturated heterocycles. The minimum absolute atomic E-state index is 0.603. The lowest BCUT2D eigenvalue weighted by Crippen LogP contribution is -2.42. The lowest BCUT2D eigenvalue weighted by Gasteiger charge is -2.39. The molecule has 18 heavy (non-hydrogen) atoms. The molecule has 0 bridgehead atoms. The molecule has 2 rings (SSSR count). The van der Waals surface area contributed by atoms with Crippen molar-refractivity contribution in [3.8, 4) is 5.88 Å². The van der Waals surface area contributed by atoms with Gasteiger partial charge >= 0.3 is 0 Å². The summed E-state index contributed by atoms with van der Waals surface area (Å²) in [4.78, 5) is 10.9. The molecule has 1 heterocycles. The normalized spacial score (nSPS) is 15.3. The first kappa shape index (κ1) is 13.4. The van der Waals surface area contributed by atoms with E-state index in [0.717, 1.165) is 24.3 Å². The molecule has 0 unspecified atom stereocenters. The molecule has 1 fully saturated rings. The summed E-state index contributed by atoms with van der Waals surface area (Å²) < 4.78 is 5.27. The van der Waals surface area contributed by atoms with Gasteiger partial charge in [-0.15, -0.1) is 11.6 Å². The number of nitrogens with zero attached hydrogens (tertiary/aromatic N) is 3. The van der Waals surface area contributed by atoms with E-state index < -0.39 is 0 Å². The quantitative estimate of drug-likeness (QED) is 0.745. The van der Waals surface area contributed by atoms with E-state index in [2.05, 4.69) is 14.9 Å². The highest BCUT2D eigenvalue weighted by molar-refractivity contribution is 6.17. The first-order chi connectivity index (χ1) is 8.77. The largest absolute Gasteiger partial charge is 0.481 e. The van der Waals surface area contributed by atoms with Crippen LogP contribution in [-0.2, 0) is 0 Å². The van der Waals surface area contributed by atoms with Gasteiger partial charge in [0.25, 0.3) is 0 Å². The van der Waals surface area contributed by atoms with Gasteiger partial charge in [-0.2, -0.15) is 0 Å². The van der Waals surface area contributed by atoms with Crippen molar-refractivity contribution in [2.75, 3.05) is 24.4 Å². The molecule has 0 atom stereocenters. The molecule has 0 aliphatic heterocycles. The van der Waals surface area contributed by atoms with Gasteiger partial charge in [0, 0.05) is 18.5 Å². The fraction of sp³-hybridized carbons (Fsp3) is 0.692. The van der Waals surface area contributed by atoms with Gasteiger partial charge < -0.3 is 9.64 Å². The van der Waals surface area contributed by atoms with E-state index in [-0.39, 0.29) is 0 Å². The van der Waals surface area contributed by atoms with Crippen LogP contribution < -0.4 is 9.64 Å². The topological polar surface area (TPSA) is 38.3 Å². The molecule has 0 amide bonds. The van der Waals surface area contributed by atoms with Gasteiger partial charge in [-0.1, -0.05) is 0 Å². The van der Waals surface area contributed by atoms with E-state index >= 15 is 0 Å².